The Balaban J connectivity index is 1.18. The Kier molecular flexibility index (Phi) is 7.26. The summed E-state index contributed by atoms with van der Waals surface area (Å²) in [7, 11) is -3.82. The largest absolute Gasteiger partial charge is 0.487 e. The smallest absolute Gasteiger partial charge is 0.416 e. The molecule has 2 saturated carbocycles. The third-order valence-corrected chi connectivity index (χ3v) is 10.6. The molecule has 41 heavy (non-hydrogen) atoms. The Bertz CT molecular complexity index is 1480. The fourth-order valence-electron chi connectivity index (χ4n) is 6.13. The number of piperidine rings is 1. The van der Waals surface area contributed by atoms with Crippen LogP contribution in [0.2, 0.25) is 5.02 Å². The van der Waals surface area contributed by atoms with Crippen molar-refractivity contribution < 1.29 is 39.9 Å². The SMILES string of the molecule is O=C(NS(=O)(=O)C1CC1)c1cc(C2CC2)c(CN2[C@@H]3CC[C@H]2C[C@@H](Oc2cc(C(F)(F)F)cc(Cl)c2F)C3)cc1F. The molecular weight excluding hydrogens is 591 g/mol. The summed E-state index contributed by atoms with van der Waals surface area (Å²) in [4.78, 5) is 14.9. The molecule has 4 fully saturated rings. The zero-order valence-corrected chi connectivity index (χ0v) is 23.4. The van der Waals surface area contributed by atoms with Crippen molar-refractivity contribution in [2.24, 2.45) is 0 Å². The second-order valence-corrected chi connectivity index (χ2v) is 13.9. The molecular formula is C28H28ClF5N2O4S. The number of hydrogen-bond acceptors (Lipinski definition) is 5. The van der Waals surface area contributed by atoms with E-state index in [1.807, 2.05) is 4.72 Å². The third-order valence-electron chi connectivity index (χ3n) is 8.50. The average Bonchev–Trinajstić information content (AvgIpc) is 3.79. The van der Waals surface area contributed by atoms with Gasteiger partial charge < -0.3 is 4.74 Å². The molecule has 1 amide bonds. The molecule has 6 rings (SSSR count). The van der Waals surface area contributed by atoms with Gasteiger partial charge in [-0.2, -0.15) is 13.2 Å². The third kappa shape index (κ3) is 5.92. The van der Waals surface area contributed by atoms with Gasteiger partial charge in [0.2, 0.25) is 10.0 Å². The molecule has 2 bridgehead atoms. The molecule has 0 radical (unpaired) electrons. The van der Waals surface area contributed by atoms with Gasteiger partial charge in [0.25, 0.3) is 5.91 Å². The zero-order valence-electron chi connectivity index (χ0n) is 21.8. The number of amides is 1. The van der Waals surface area contributed by atoms with Crippen LogP contribution in [0.4, 0.5) is 22.0 Å². The van der Waals surface area contributed by atoms with E-state index in [1.165, 1.54) is 12.1 Å². The molecule has 2 heterocycles. The Hall–Kier alpha value is -2.44. The first-order valence-corrected chi connectivity index (χ1v) is 15.6. The molecule has 2 saturated heterocycles. The average molecular weight is 619 g/mol. The van der Waals surface area contributed by atoms with Gasteiger partial charge in [0.1, 0.15) is 11.9 Å². The predicted octanol–water partition coefficient (Wildman–Crippen LogP) is 6.31. The normalized spacial score (nSPS) is 24.9. The lowest BCUT2D eigenvalue weighted by Gasteiger charge is -2.39. The Morgan fingerprint density at radius 3 is 2.24 bits per heavy atom. The summed E-state index contributed by atoms with van der Waals surface area (Å²) in [6.45, 7) is 0.400. The van der Waals surface area contributed by atoms with Crippen LogP contribution < -0.4 is 9.46 Å². The molecule has 13 heteroatoms. The number of nitrogens with zero attached hydrogens (tertiary/aromatic N) is 1. The highest BCUT2D eigenvalue weighted by molar-refractivity contribution is 7.91. The number of halogens is 6. The molecule has 0 spiro atoms. The van der Waals surface area contributed by atoms with E-state index in [-0.39, 0.29) is 23.6 Å². The first-order chi connectivity index (χ1) is 19.3. The number of fused-ring (bicyclic) bond motifs is 2. The van der Waals surface area contributed by atoms with Crippen LogP contribution in [0.1, 0.15) is 84.3 Å². The van der Waals surface area contributed by atoms with Gasteiger partial charge in [-0.25, -0.2) is 21.9 Å². The highest BCUT2D eigenvalue weighted by atomic mass is 35.5. The van der Waals surface area contributed by atoms with Crippen molar-refractivity contribution in [3.8, 4) is 5.75 Å². The summed E-state index contributed by atoms with van der Waals surface area (Å²) in [5.74, 6) is -3.17. The molecule has 0 unspecified atom stereocenters. The van der Waals surface area contributed by atoms with Crippen molar-refractivity contribution in [3.05, 3.63) is 63.2 Å². The van der Waals surface area contributed by atoms with E-state index in [4.69, 9.17) is 16.3 Å². The molecule has 2 aliphatic heterocycles. The van der Waals surface area contributed by atoms with Crippen molar-refractivity contribution in [3.63, 3.8) is 0 Å². The molecule has 3 atom stereocenters. The van der Waals surface area contributed by atoms with E-state index >= 15 is 4.39 Å². The zero-order chi connectivity index (χ0) is 29.3. The van der Waals surface area contributed by atoms with Gasteiger partial charge >= 0.3 is 6.18 Å². The second kappa shape index (κ2) is 10.4. The van der Waals surface area contributed by atoms with E-state index in [1.54, 1.807) is 0 Å². The van der Waals surface area contributed by atoms with E-state index in [0.717, 1.165) is 36.8 Å². The van der Waals surface area contributed by atoms with Crippen molar-refractivity contribution in [2.75, 3.05) is 0 Å². The minimum Gasteiger partial charge on any atom is -0.487 e. The second-order valence-electron chi connectivity index (χ2n) is 11.5. The van der Waals surface area contributed by atoms with Crippen LogP contribution in [-0.4, -0.2) is 42.7 Å². The highest BCUT2D eigenvalue weighted by Crippen LogP contribution is 2.45. The van der Waals surface area contributed by atoms with E-state index in [0.29, 0.717) is 44.4 Å². The van der Waals surface area contributed by atoms with Gasteiger partial charge in [0.05, 0.1) is 21.4 Å². The lowest BCUT2D eigenvalue weighted by molar-refractivity contribution is -0.137. The van der Waals surface area contributed by atoms with Gasteiger partial charge in [-0.3, -0.25) is 9.69 Å². The number of sulfonamides is 1. The maximum atomic E-state index is 15.2. The number of benzene rings is 2. The summed E-state index contributed by atoms with van der Waals surface area (Å²) >= 11 is 5.71. The Labute approximate surface area is 239 Å². The minimum atomic E-state index is -4.70. The quantitative estimate of drug-likeness (QED) is 0.351. The van der Waals surface area contributed by atoms with Crippen molar-refractivity contribution in [1.29, 1.82) is 0 Å². The van der Waals surface area contributed by atoms with Gasteiger partial charge in [0, 0.05) is 18.6 Å². The van der Waals surface area contributed by atoms with Crippen molar-refractivity contribution in [2.45, 2.75) is 93.4 Å². The van der Waals surface area contributed by atoms with Crippen LogP contribution in [0.25, 0.3) is 0 Å². The van der Waals surface area contributed by atoms with Crippen molar-refractivity contribution in [1.82, 2.24) is 9.62 Å². The lowest BCUT2D eigenvalue weighted by Crippen LogP contribution is -2.46. The maximum Gasteiger partial charge on any atom is 0.416 e. The van der Waals surface area contributed by atoms with E-state index in [9.17, 15) is 30.8 Å². The van der Waals surface area contributed by atoms with Crippen LogP contribution in [0, 0.1) is 11.6 Å². The van der Waals surface area contributed by atoms with Crippen molar-refractivity contribution >= 4 is 27.5 Å². The molecule has 1 N–H and O–H groups in total. The minimum absolute atomic E-state index is 0.00939. The van der Waals surface area contributed by atoms with Crippen LogP contribution in [0.3, 0.4) is 0 Å². The van der Waals surface area contributed by atoms with Gasteiger partial charge in [-0.1, -0.05) is 11.6 Å². The Morgan fingerprint density at radius 2 is 1.66 bits per heavy atom. The summed E-state index contributed by atoms with van der Waals surface area (Å²) in [6.07, 6.45) is 0.00454. The lowest BCUT2D eigenvalue weighted by atomic mass is 9.95. The monoisotopic (exact) mass is 618 g/mol. The predicted molar refractivity (Wildman–Crippen MR) is 140 cm³/mol. The number of rotatable bonds is 8. The van der Waals surface area contributed by atoms with E-state index in [2.05, 4.69) is 4.90 Å². The highest BCUT2D eigenvalue weighted by Gasteiger charge is 2.43. The van der Waals surface area contributed by atoms with Crippen LogP contribution in [-0.2, 0) is 22.7 Å². The van der Waals surface area contributed by atoms with Gasteiger partial charge in [-0.15, -0.1) is 0 Å². The standard InChI is InChI=1S/C28H28ClF5N2O4S/c29-23-8-16(28(32,33)34)9-25(26(23)31)40-19-10-17-3-4-18(11-19)36(17)13-15-7-24(30)22(12-21(15)14-1-2-14)27(37)35-41(38,39)20-5-6-20/h7-9,12,14,17-20H,1-6,10-11,13H2,(H,35,37)/t17-,18+,19+. The molecule has 2 aromatic rings. The van der Waals surface area contributed by atoms with Gasteiger partial charge in [-0.05, 0) is 92.7 Å². The number of ether oxygens (including phenoxy) is 1. The number of nitrogens with one attached hydrogen (secondary N) is 1. The summed E-state index contributed by atoms with van der Waals surface area (Å²) in [5.41, 5.74) is 0.158. The van der Waals surface area contributed by atoms with Crippen LogP contribution in [0.15, 0.2) is 24.3 Å². The fourth-order valence-corrected chi connectivity index (χ4v) is 7.63. The molecule has 4 aliphatic rings. The summed E-state index contributed by atoms with van der Waals surface area (Å²) in [6, 6.07) is 3.93. The Morgan fingerprint density at radius 1 is 1.00 bits per heavy atom. The molecule has 2 aliphatic carbocycles. The number of alkyl halides is 3. The fraction of sp³-hybridized carbons (Fsp3) is 0.536. The summed E-state index contributed by atoms with van der Waals surface area (Å²) < 4.78 is 102. The maximum absolute atomic E-state index is 15.2. The summed E-state index contributed by atoms with van der Waals surface area (Å²) in [5, 5.41) is -1.27. The molecule has 2 aromatic carbocycles. The topological polar surface area (TPSA) is 75.7 Å². The number of carbonyl (C=O) groups excluding carboxylic acids is 1. The van der Waals surface area contributed by atoms with Gasteiger partial charge in [0.15, 0.2) is 11.6 Å². The van der Waals surface area contributed by atoms with Crippen LogP contribution >= 0.6 is 11.6 Å². The molecule has 0 aromatic heterocycles. The number of carbonyl (C=O) groups is 1. The van der Waals surface area contributed by atoms with E-state index < -0.39 is 61.4 Å². The first-order valence-electron chi connectivity index (χ1n) is 13.7. The first kappa shape index (κ1) is 28.7. The molecule has 222 valence electrons. The van der Waals surface area contributed by atoms with Crippen LogP contribution in [0.5, 0.6) is 5.75 Å². The molecule has 6 nitrogen and oxygen atoms in total. The number of hydrogen-bond donors (Lipinski definition) is 1.